The molecule has 96 valence electrons. The number of anilines is 1. The summed E-state index contributed by atoms with van der Waals surface area (Å²) in [5.41, 5.74) is 7.94. The summed E-state index contributed by atoms with van der Waals surface area (Å²) in [7, 11) is 1.71. The van der Waals surface area contributed by atoms with Gasteiger partial charge in [0.2, 0.25) is 0 Å². The molecule has 0 saturated heterocycles. The van der Waals surface area contributed by atoms with Crippen molar-refractivity contribution in [2.75, 3.05) is 38.3 Å². The smallest absolute Gasteiger partial charge is 0.0637 e. The van der Waals surface area contributed by atoms with Crippen molar-refractivity contribution >= 4 is 17.3 Å². The number of methoxy groups -OCH3 is 1. The van der Waals surface area contributed by atoms with Crippen LogP contribution in [0.4, 0.5) is 5.69 Å². The van der Waals surface area contributed by atoms with Gasteiger partial charge in [-0.2, -0.15) is 0 Å². The number of ether oxygens (including phenoxy) is 1. The van der Waals surface area contributed by atoms with E-state index in [1.165, 1.54) is 5.69 Å². The molecular weight excluding hydrogens is 236 g/mol. The van der Waals surface area contributed by atoms with Crippen LogP contribution in [0.5, 0.6) is 0 Å². The molecule has 1 aromatic carbocycles. The number of hydrogen-bond donors (Lipinski definition) is 1. The Morgan fingerprint density at radius 1 is 1.41 bits per heavy atom. The minimum atomic E-state index is 0.610. The molecule has 17 heavy (non-hydrogen) atoms. The number of likely N-dealkylation sites (N-methyl/N-ethyl adjacent to an activating group) is 1. The largest absolute Gasteiger partial charge is 0.383 e. The van der Waals surface area contributed by atoms with Crippen LogP contribution in [0.2, 0.25) is 5.02 Å². The van der Waals surface area contributed by atoms with E-state index < -0.39 is 0 Å². The van der Waals surface area contributed by atoms with Gasteiger partial charge in [0.05, 0.1) is 6.61 Å². The van der Waals surface area contributed by atoms with Crippen molar-refractivity contribution in [1.82, 2.24) is 0 Å². The summed E-state index contributed by atoms with van der Waals surface area (Å²) in [6.45, 7) is 5.25. The van der Waals surface area contributed by atoms with Gasteiger partial charge in [-0.3, -0.25) is 0 Å². The molecule has 0 aliphatic heterocycles. The van der Waals surface area contributed by atoms with Crippen LogP contribution in [0.1, 0.15) is 12.5 Å². The predicted octanol–water partition coefficient (Wildman–Crippen LogP) is 2.31. The molecule has 0 fully saturated rings. The first-order valence-electron chi connectivity index (χ1n) is 5.95. The highest BCUT2D eigenvalue weighted by molar-refractivity contribution is 6.31. The van der Waals surface area contributed by atoms with Crippen LogP contribution < -0.4 is 10.6 Å². The molecule has 0 heterocycles. The maximum Gasteiger partial charge on any atom is 0.0637 e. The first kappa shape index (κ1) is 14.3. The fourth-order valence-corrected chi connectivity index (χ4v) is 2.15. The highest BCUT2D eigenvalue weighted by atomic mass is 35.5. The Hall–Kier alpha value is -0.770. The van der Waals surface area contributed by atoms with E-state index in [9.17, 15) is 0 Å². The predicted molar refractivity (Wildman–Crippen MR) is 74.0 cm³/mol. The second-order valence-electron chi connectivity index (χ2n) is 3.85. The van der Waals surface area contributed by atoms with Gasteiger partial charge in [-0.25, -0.2) is 0 Å². The van der Waals surface area contributed by atoms with E-state index in [1.807, 2.05) is 12.1 Å². The molecule has 4 heteroatoms. The van der Waals surface area contributed by atoms with E-state index in [-0.39, 0.29) is 0 Å². The van der Waals surface area contributed by atoms with Crippen LogP contribution in [0.15, 0.2) is 18.2 Å². The maximum absolute atomic E-state index is 6.23. The van der Waals surface area contributed by atoms with Gasteiger partial charge in [0, 0.05) is 30.9 Å². The van der Waals surface area contributed by atoms with Crippen LogP contribution in [0.3, 0.4) is 0 Å². The Morgan fingerprint density at radius 3 is 2.76 bits per heavy atom. The quantitative estimate of drug-likeness (QED) is 0.814. The molecule has 1 aromatic rings. The van der Waals surface area contributed by atoms with E-state index in [4.69, 9.17) is 22.1 Å². The summed E-state index contributed by atoms with van der Waals surface area (Å²) in [6.07, 6.45) is 0.804. The second kappa shape index (κ2) is 7.54. The molecule has 0 spiro atoms. The lowest BCUT2D eigenvalue weighted by molar-refractivity contribution is 0.205. The third-order valence-corrected chi connectivity index (χ3v) is 3.13. The highest BCUT2D eigenvalue weighted by Crippen LogP contribution is 2.27. The van der Waals surface area contributed by atoms with Crippen molar-refractivity contribution in [3.63, 3.8) is 0 Å². The molecule has 0 radical (unpaired) electrons. The molecule has 0 bridgehead atoms. The first-order chi connectivity index (χ1) is 8.24. The van der Waals surface area contributed by atoms with Gasteiger partial charge in [0.15, 0.2) is 0 Å². The van der Waals surface area contributed by atoms with Crippen molar-refractivity contribution in [1.29, 1.82) is 0 Å². The summed E-state index contributed by atoms with van der Waals surface area (Å²) >= 11 is 6.23. The molecule has 2 N–H and O–H groups in total. The zero-order valence-electron chi connectivity index (χ0n) is 10.6. The molecule has 0 unspecified atom stereocenters. The van der Waals surface area contributed by atoms with Crippen LogP contribution in [-0.2, 0) is 11.2 Å². The van der Waals surface area contributed by atoms with Gasteiger partial charge in [-0.15, -0.1) is 0 Å². The molecule has 0 saturated carbocycles. The standard InChI is InChI=1S/C13H21ClN2O/c1-3-16(9-10-17-2)13-6-4-5-12(14)11(13)7-8-15/h4-6H,3,7-10,15H2,1-2H3. The topological polar surface area (TPSA) is 38.5 Å². The Balaban J connectivity index is 2.96. The number of benzene rings is 1. The number of nitrogens with zero attached hydrogens (tertiary/aromatic N) is 1. The zero-order valence-corrected chi connectivity index (χ0v) is 11.3. The maximum atomic E-state index is 6.23. The number of hydrogen-bond acceptors (Lipinski definition) is 3. The van der Waals surface area contributed by atoms with Crippen LogP contribution >= 0.6 is 11.6 Å². The SMILES string of the molecule is CCN(CCOC)c1cccc(Cl)c1CCN. The lowest BCUT2D eigenvalue weighted by Crippen LogP contribution is -2.28. The van der Waals surface area contributed by atoms with Crippen molar-refractivity contribution < 1.29 is 4.74 Å². The summed E-state index contributed by atoms with van der Waals surface area (Å²) in [5.74, 6) is 0. The van der Waals surface area contributed by atoms with E-state index in [0.717, 1.165) is 30.1 Å². The van der Waals surface area contributed by atoms with E-state index in [0.29, 0.717) is 13.2 Å². The molecule has 3 nitrogen and oxygen atoms in total. The third kappa shape index (κ3) is 3.87. The molecule has 0 amide bonds. The molecule has 0 aromatic heterocycles. The van der Waals surface area contributed by atoms with Crippen molar-refractivity contribution in [2.45, 2.75) is 13.3 Å². The number of rotatable bonds is 7. The van der Waals surface area contributed by atoms with Gasteiger partial charge in [-0.1, -0.05) is 17.7 Å². The molecule has 1 rings (SSSR count). The second-order valence-corrected chi connectivity index (χ2v) is 4.26. The average Bonchev–Trinajstić information content (AvgIpc) is 2.34. The van der Waals surface area contributed by atoms with Crippen LogP contribution in [0, 0.1) is 0 Å². The van der Waals surface area contributed by atoms with Crippen molar-refractivity contribution in [2.24, 2.45) is 5.73 Å². The first-order valence-corrected chi connectivity index (χ1v) is 6.33. The average molecular weight is 257 g/mol. The van der Waals surface area contributed by atoms with Crippen molar-refractivity contribution in [3.8, 4) is 0 Å². The highest BCUT2D eigenvalue weighted by Gasteiger charge is 2.11. The fraction of sp³-hybridized carbons (Fsp3) is 0.538. The lowest BCUT2D eigenvalue weighted by atomic mass is 10.1. The number of nitrogens with two attached hydrogens (primary N) is 1. The molecule has 0 aliphatic rings. The normalized spacial score (nSPS) is 10.6. The minimum absolute atomic E-state index is 0.610. The van der Waals surface area contributed by atoms with Gasteiger partial charge < -0.3 is 15.4 Å². The molecule has 0 atom stereocenters. The number of halogens is 1. The lowest BCUT2D eigenvalue weighted by Gasteiger charge is -2.26. The van der Waals surface area contributed by atoms with E-state index >= 15 is 0 Å². The van der Waals surface area contributed by atoms with E-state index in [2.05, 4.69) is 17.9 Å². The van der Waals surface area contributed by atoms with Crippen LogP contribution in [0.25, 0.3) is 0 Å². The van der Waals surface area contributed by atoms with Gasteiger partial charge >= 0.3 is 0 Å². The summed E-state index contributed by atoms with van der Waals surface area (Å²) < 4.78 is 5.13. The minimum Gasteiger partial charge on any atom is -0.383 e. The fourth-order valence-electron chi connectivity index (χ4n) is 1.89. The van der Waals surface area contributed by atoms with E-state index in [1.54, 1.807) is 7.11 Å². The van der Waals surface area contributed by atoms with Crippen LogP contribution in [-0.4, -0.2) is 33.4 Å². The Labute approximate surface area is 109 Å². The summed E-state index contributed by atoms with van der Waals surface area (Å²) in [4.78, 5) is 2.26. The Morgan fingerprint density at radius 2 is 2.18 bits per heavy atom. The summed E-state index contributed by atoms with van der Waals surface area (Å²) in [6, 6.07) is 5.99. The van der Waals surface area contributed by atoms with Gasteiger partial charge in [0.1, 0.15) is 0 Å². The zero-order chi connectivity index (χ0) is 12.7. The Bertz CT molecular complexity index is 344. The molecule has 0 aliphatic carbocycles. The monoisotopic (exact) mass is 256 g/mol. The van der Waals surface area contributed by atoms with Gasteiger partial charge in [0.25, 0.3) is 0 Å². The Kier molecular flexibility index (Phi) is 6.34. The van der Waals surface area contributed by atoms with Gasteiger partial charge in [-0.05, 0) is 37.6 Å². The molecular formula is C13H21ClN2O. The summed E-state index contributed by atoms with van der Waals surface area (Å²) in [5, 5.41) is 0.795. The third-order valence-electron chi connectivity index (χ3n) is 2.78. The van der Waals surface area contributed by atoms with Crippen molar-refractivity contribution in [3.05, 3.63) is 28.8 Å².